The predicted octanol–water partition coefficient (Wildman–Crippen LogP) is 2.08. The van der Waals surface area contributed by atoms with Gasteiger partial charge in [0.05, 0.1) is 6.61 Å². The molecule has 0 bridgehead atoms. The number of ether oxygens (including phenoxy) is 1. The van der Waals surface area contributed by atoms with Crippen LogP contribution in [0.5, 0.6) is 0 Å². The van der Waals surface area contributed by atoms with Gasteiger partial charge in [-0.3, -0.25) is 0 Å². The minimum atomic E-state index is -0.281. The Hall–Kier alpha value is -0.620. The Morgan fingerprint density at radius 1 is 1.78 bits per heavy atom. The third-order valence-electron chi connectivity index (χ3n) is 0.677. The standard InChI is InChI=1S/C6H9O2P/c1-3-4-5-8-6(7)9-2/h3H,1-2,4-5H2. The molecule has 0 aliphatic heterocycles. The Labute approximate surface area is 56.3 Å². The lowest BCUT2D eigenvalue weighted by Gasteiger charge is -1.94. The van der Waals surface area contributed by atoms with Crippen LogP contribution in [0, 0.1) is 0 Å². The molecule has 9 heavy (non-hydrogen) atoms. The van der Waals surface area contributed by atoms with Crippen LogP contribution >= 0.6 is 8.20 Å². The molecule has 50 valence electrons. The van der Waals surface area contributed by atoms with E-state index in [2.05, 4.69) is 17.6 Å². The molecule has 0 atom stereocenters. The van der Waals surface area contributed by atoms with Gasteiger partial charge in [0.15, 0.2) is 0 Å². The smallest absolute Gasteiger partial charge is 0.355 e. The van der Waals surface area contributed by atoms with Crippen molar-refractivity contribution >= 4 is 20.2 Å². The first-order valence-corrected chi connectivity index (χ1v) is 3.63. The number of carbonyl (C=O) groups is 1. The first kappa shape index (κ1) is 8.38. The summed E-state index contributed by atoms with van der Waals surface area (Å²) in [6.07, 6.45) is 5.75. The van der Waals surface area contributed by atoms with E-state index in [-0.39, 0.29) is 5.71 Å². The first-order chi connectivity index (χ1) is 4.31. The summed E-state index contributed by atoms with van der Waals surface area (Å²) >= 11 is 0. The Bertz CT molecular complexity index is 120. The van der Waals surface area contributed by atoms with E-state index in [0.717, 1.165) is 0 Å². The molecule has 0 amide bonds. The van der Waals surface area contributed by atoms with E-state index in [1.54, 1.807) is 6.08 Å². The van der Waals surface area contributed by atoms with Crippen LogP contribution in [0.2, 0.25) is 0 Å². The number of hydrogen-bond donors (Lipinski definition) is 0. The molecule has 0 heterocycles. The summed E-state index contributed by atoms with van der Waals surface area (Å²) in [6.45, 7) is 3.90. The summed E-state index contributed by atoms with van der Waals surface area (Å²) in [5, 5.41) is 0. The molecule has 0 unspecified atom stereocenters. The normalized spacial score (nSPS) is 8.89. The second kappa shape index (κ2) is 5.52. The number of rotatable bonds is 4. The number of carbonyl (C=O) groups excluding carboxylic acids is 1. The van der Waals surface area contributed by atoms with Crippen molar-refractivity contribution in [1.29, 1.82) is 0 Å². The van der Waals surface area contributed by atoms with Crippen LogP contribution in [-0.4, -0.2) is 18.6 Å². The van der Waals surface area contributed by atoms with Gasteiger partial charge in [0.1, 0.15) is 0 Å². The van der Waals surface area contributed by atoms with Crippen molar-refractivity contribution in [2.75, 3.05) is 6.61 Å². The van der Waals surface area contributed by atoms with Crippen LogP contribution in [0.25, 0.3) is 0 Å². The van der Waals surface area contributed by atoms with Crippen molar-refractivity contribution in [2.24, 2.45) is 0 Å². The summed E-state index contributed by atoms with van der Waals surface area (Å²) in [6, 6.07) is 0. The van der Waals surface area contributed by atoms with Crippen LogP contribution in [0.1, 0.15) is 6.42 Å². The van der Waals surface area contributed by atoms with Crippen molar-refractivity contribution in [1.82, 2.24) is 0 Å². The maximum absolute atomic E-state index is 10.4. The average Bonchev–Trinajstić information content (AvgIpc) is 1.89. The van der Waals surface area contributed by atoms with Gasteiger partial charge in [-0.05, 0) is 6.42 Å². The van der Waals surface area contributed by atoms with Crippen LogP contribution in [0.3, 0.4) is 0 Å². The summed E-state index contributed by atoms with van der Waals surface area (Å²) in [5.74, 6) is 0. The first-order valence-electron chi connectivity index (χ1n) is 2.55. The molecule has 0 spiro atoms. The predicted molar refractivity (Wildman–Crippen MR) is 40.2 cm³/mol. The summed E-state index contributed by atoms with van der Waals surface area (Å²) in [5.41, 5.74) is -0.281. The van der Waals surface area contributed by atoms with Crippen molar-refractivity contribution in [3.8, 4) is 0 Å². The molecule has 0 fully saturated rings. The average molecular weight is 144 g/mol. The van der Waals surface area contributed by atoms with Gasteiger partial charge >= 0.3 is 5.71 Å². The Balaban J connectivity index is 3.16. The zero-order chi connectivity index (χ0) is 7.11. The summed E-state index contributed by atoms with van der Waals surface area (Å²) in [7, 11) is 0.414. The fraction of sp³-hybridized carbons (Fsp3) is 0.333. The SMILES string of the molecule is C=CCCOC(=O)P=C. The largest absolute Gasteiger partial charge is 0.459 e. The van der Waals surface area contributed by atoms with E-state index >= 15 is 0 Å². The molecule has 0 aromatic carbocycles. The maximum Gasteiger partial charge on any atom is 0.355 e. The van der Waals surface area contributed by atoms with Gasteiger partial charge in [-0.1, -0.05) is 12.4 Å². The molecule has 2 nitrogen and oxygen atoms in total. The van der Waals surface area contributed by atoms with Gasteiger partial charge in [0.2, 0.25) is 0 Å². The number of hydrogen-bond acceptors (Lipinski definition) is 2. The van der Waals surface area contributed by atoms with Gasteiger partial charge in [-0.15, -0.1) is 6.58 Å². The Morgan fingerprint density at radius 3 is 2.89 bits per heavy atom. The van der Waals surface area contributed by atoms with Crippen molar-refractivity contribution in [3.63, 3.8) is 0 Å². The third kappa shape index (κ3) is 5.25. The van der Waals surface area contributed by atoms with Gasteiger partial charge in [0.25, 0.3) is 0 Å². The fourth-order valence-corrected chi connectivity index (χ4v) is 0.458. The van der Waals surface area contributed by atoms with E-state index in [1.165, 1.54) is 0 Å². The van der Waals surface area contributed by atoms with Crippen molar-refractivity contribution in [3.05, 3.63) is 12.7 Å². The molecule has 0 aliphatic rings. The topological polar surface area (TPSA) is 26.3 Å². The van der Waals surface area contributed by atoms with Gasteiger partial charge in [0, 0.05) is 8.20 Å². The van der Waals surface area contributed by atoms with Crippen molar-refractivity contribution in [2.45, 2.75) is 6.42 Å². The second-order valence-corrected chi connectivity index (χ2v) is 2.03. The second-order valence-electron chi connectivity index (χ2n) is 1.35. The molecule has 0 aromatic heterocycles. The third-order valence-corrected chi connectivity index (χ3v) is 1.06. The molecular formula is C6H9O2P. The zero-order valence-electron chi connectivity index (χ0n) is 5.17. The van der Waals surface area contributed by atoms with Gasteiger partial charge in [-0.2, -0.15) is 0 Å². The van der Waals surface area contributed by atoms with E-state index in [4.69, 9.17) is 0 Å². The van der Waals surface area contributed by atoms with Gasteiger partial charge < -0.3 is 4.74 Å². The van der Waals surface area contributed by atoms with E-state index in [0.29, 0.717) is 21.2 Å². The van der Waals surface area contributed by atoms with E-state index < -0.39 is 0 Å². The highest BCUT2D eigenvalue weighted by molar-refractivity contribution is 7.55. The lowest BCUT2D eigenvalue weighted by Crippen LogP contribution is -1.94. The van der Waals surface area contributed by atoms with Gasteiger partial charge in [-0.25, -0.2) is 4.79 Å². The molecule has 0 rings (SSSR count). The highest BCUT2D eigenvalue weighted by Gasteiger charge is 1.91. The Morgan fingerprint density at radius 2 is 2.44 bits per heavy atom. The minimum absolute atomic E-state index is 0.281. The van der Waals surface area contributed by atoms with Crippen LogP contribution < -0.4 is 0 Å². The lowest BCUT2D eigenvalue weighted by atomic mass is 10.5. The monoisotopic (exact) mass is 144 g/mol. The van der Waals surface area contributed by atoms with E-state index in [1.807, 2.05) is 0 Å². The zero-order valence-corrected chi connectivity index (χ0v) is 6.06. The molecule has 3 heteroatoms. The molecule has 0 radical (unpaired) electrons. The molecule has 0 saturated heterocycles. The van der Waals surface area contributed by atoms with Crippen LogP contribution in [0.4, 0.5) is 4.79 Å². The fourth-order valence-electron chi connectivity index (χ4n) is 0.275. The van der Waals surface area contributed by atoms with Crippen molar-refractivity contribution < 1.29 is 9.53 Å². The molecule has 0 saturated carbocycles. The summed E-state index contributed by atoms with van der Waals surface area (Å²) < 4.78 is 4.65. The summed E-state index contributed by atoms with van der Waals surface area (Å²) in [4.78, 5) is 10.4. The quantitative estimate of drug-likeness (QED) is 0.343. The van der Waals surface area contributed by atoms with E-state index in [9.17, 15) is 4.79 Å². The van der Waals surface area contributed by atoms with Crippen LogP contribution in [-0.2, 0) is 4.74 Å². The molecule has 0 aromatic rings. The Kier molecular flexibility index (Phi) is 5.14. The molecule has 0 N–H and O–H groups in total. The molecule has 0 aliphatic carbocycles. The molecular weight excluding hydrogens is 135 g/mol. The van der Waals surface area contributed by atoms with Crippen LogP contribution in [0.15, 0.2) is 12.7 Å². The minimum Gasteiger partial charge on any atom is -0.459 e. The highest BCUT2D eigenvalue weighted by Crippen LogP contribution is 1.97. The highest BCUT2D eigenvalue weighted by atomic mass is 31.1. The maximum atomic E-state index is 10.4. The lowest BCUT2D eigenvalue weighted by molar-refractivity contribution is 0.177.